The van der Waals surface area contributed by atoms with E-state index in [1.165, 1.54) is 64.4 Å². The zero-order valence-corrected chi connectivity index (χ0v) is 29.2. The van der Waals surface area contributed by atoms with Gasteiger partial charge in [-0.25, -0.2) is 4.98 Å². The molecule has 0 saturated carbocycles. The second-order valence-electron chi connectivity index (χ2n) is 14.9. The molecule has 9 nitrogen and oxygen atoms in total. The van der Waals surface area contributed by atoms with Gasteiger partial charge in [0, 0.05) is 117 Å². The van der Waals surface area contributed by atoms with E-state index in [0.717, 1.165) is 94.6 Å². The summed E-state index contributed by atoms with van der Waals surface area (Å²) in [6.07, 6.45) is 11.9. The Balaban J connectivity index is 0.742. The van der Waals surface area contributed by atoms with Crippen LogP contribution < -0.4 is 15.1 Å². The van der Waals surface area contributed by atoms with Gasteiger partial charge < -0.3 is 24.6 Å². The zero-order valence-electron chi connectivity index (χ0n) is 29.2. The van der Waals surface area contributed by atoms with E-state index in [2.05, 4.69) is 96.1 Å². The van der Waals surface area contributed by atoms with E-state index in [1.807, 2.05) is 18.6 Å². The van der Waals surface area contributed by atoms with Gasteiger partial charge in [-0.3, -0.25) is 14.7 Å². The molecule has 3 aromatic heterocycles. The van der Waals surface area contributed by atoms with Crippen LogP contribution in [0.4, 0.5) is 11.5 Å². The molecule has 5 aromatic rings. The van der Waals surface area contributed by atoms with Gasteiger partial charge in [0.05, 0.1) is 5.52 Å². The number of benzene rings is 2. The Bertz CT molecular complexity index is 2000. The van der Waals surface area contributed by atoms with E-state index in [1.54, 1.807) is 0 Å². The van der Waals surface area contributed by atoms with Crippen LogP contribution in [0.25, 0.3) is 32.9 Å². The standard InChI is InChI=1S/C41H48N8O/c1-45-38-10-15-43-27-37(38)36-7-4-30(24-39(36)45)31-5-9-40(44-25-31)48-17-12-29(13-18-48)11-16-46-19-21-47(22-20-46)33-6-8-35-32(23-33)28-49(41(35)50)34-3-2-14-42-26-34/h4-10,15,23-25,27,29,34,42H,2-3,11-14,16-22,26,28H2,1H3. The molecular formula is C41H48N8O. The van der Waals surface area contributed by atoms with Crippen LogP contribution in [-0.4, -0.2) is 95.2 Å². The summed E-state index contributed by atoms with van der Waals surface area (Å²) in [4.78, 5) is 32.1. The van der Waals surface area contributed by atoms with E-state index in [9.17, 15) is 4.79 Å². The first kappa shape index (κ1) is 31.5. The van der Waals surface area contributed by atoms with Gasteiger partial charge in [-0.05, 0) is 105 Å². The highest BCUT2D eigenvalue weighted by Gasteiger charge is 2.34. The summed E-state index contributed by atoms with van der Waals surface area (Å²) >= 11 is 0. The summed E-state index contributed by atoms with van der Waals surface area (Å²) in [6.45, 7) is 10.4. The Morgan fingerprint density at radius 3 is 2.48 bits per heavy atom. The number of amides is 1. The van der Waals surface area contributed by atoms with Crippen LogP contribution >= 0.6 is 0 Å². The summed E-state index contributed by atoms with van der Waals surface area (Å²) in [6, 6.07) is 20.1. The number of fused-ring (bicyclic) bond motifs is 4. The number of nitrogens with zero attached hydrogens (tertiary/aromatic N) is 7. The first-order valence-electron chi connectivity index (χ1n) is 18.7. The first-order chi connectivity index (χ1) is 24.6. The highest BCUT2D eigenvalue weighted by molar-refractivity contribution is 6.08. The minimum absolute atomic E-state index is 0.217. The molecule has 0 radical (unpaired) electrons. The fourth-order valence-corrected chi connectivity index (χ4v) is 8.94. The SMILES string of the molecule is Cn1c2ccncc2c2ccc(-c3ccc(N4CCC(CCN5CCN(c6ccc7c(c6)CN(C6CCCNC6)C7=O)CC5)CC4)nc3)cc21. The molecule has 3 fully saturated rings. The van der Waals surface area contributed by atoms with Crippen LogP contribution in [0, 0.1) is 5.92 Å². The summed E-state index contributed by atoms with van der Waals surface area (Å²) < 4.78 is 2.25. The van der Waals surface area contributed by atoms with E-state index in [4.69, 9.17) is 4.98 Å². The third-order valence-corrected chi connectivity index (χ3v) is 12.1. The second-order valence-corrected chi connectivity index (χ2v) is 14.9. The number of aryl methyl sites for hydroxylation is 1. The van der Waals surface area contributed by atoms with Gasteiger partial charge >= 0.3 is 0 Å². The average Bonchev–Trinajstić information content (AvgIpc) is 3.67. The Labute approximate surface area is 294 Å². The number of hydrogen-bond acceptors (Lipinski definition) is 7. The van der Waals surface area contributed by atoms with Crippen LogP contribution in [0.5, 0.6) is 0 Å². The van der Waals surface area contributed by atoms with Crippen molar-refractivity contribution >= 4 is 39.2 Å². The summed E-state index contributed by atoms with van der Waals surface area (Å²) in [5, 5.41) is 5.90. The van der Waals surface area contributed by atoms with Gasteiger partial charge in [0.15, 0.2) is 0 Å². The van der Waals surface area contributed by atoms with E-state index in [-0.39, 0.29) is 5.91 Å². The van der Waals surface area contributed by atoms with E-state index >= 15 is 0 Å². The summed E-state index contributed by atoms with van der Waals surface area (Å²) in [7, 11) is 2.13. The normalized spacial score (nSPS) is 20.7. The van der Waals surface area contributed by atoms with Crippen molar-refractivity contribution in [3.8, 4) is 11.1 Å². The Morgan fingerprint density at radius 1 is 0.820 bits per heavy atom. The zero-order chi connectivity index (χ0) is 33.6. The predicted octanol–water partition coefficient (Wildman–Crippen LogP) is 5.93. The molecule has 0 bridgehead atoms. The molecule has 1 amide bonds. The highest BCUT2D eigenvalue weighted by atomic mass is 16.2. The summed E-state index contributed by atoms with van der Waals surface area (Å²) in [5.41, 5.74) is 8.15. The smallest absolute Gasteiger partial charge is 0.254 e. The summed E-state index contributed by atoms with van der Waals surface area (Å²) in [5.74, 6) is 2.09. The number of pyridine rings is 2. The Morgan fingerprint density at radius 2 is 1.68 bits per heavy atom. The lowest BCUT2D eigenvalue weighted by atomic mass is 9.93. The number of piperidine rings is 2. The number of anilines is 2. The third-order valence-electron chi connectivity index (χ3n) is 12.1. The van der Waals surface area contributed by atoms with Crippen LogP contribution in [-0.2, 0) is 13.6 Å². The molecule has 2 aromatic carbocycles. The van der Waals surface area contributed by atoms with Crippen molar-refractivity contribution in [2.75, 3.05) is 68.7 Å². The topological polar surface area (TPSA) is 72.8 Å². The van der Waals surface area contributed by atoms with Crippen molar-refractivity contribution in [1.82, 2.24) is 29.7 Å². The van der Waals surface area contributed by atoms with Crippen molar-refractivity contribution in [1.29, 1.82) is 0 Å². The maximum atomic E-state index is 13.1. The number of carbonyl (C=O) groups is 1. The molecule has 9 heteroatoms. The van der Waals surface area contributed by atoms with Gasteiger partial charge in [0.2, 0.25) is 0 Å². The molecule has 0 spiro atoms. The third kappa shape index (κ3) is 5.90. The predicted molar refractivity (Wildman–Crippen MR) is 202 cm³/mol. The minimum atomic E-state index is 0.217. The molecule has 3 saturated heterocycles. The van der Waals surface area contributed by atoms with Gasteiger partial charge in [-0.15, -0.1) is 0 Å². The van der Waals surface area contributed by atoms with E-state index in [0.29, 0.717) is 6.04 Å². The molecule has 4 aliphatic heterocycles. The van der Waals surface area contributed by atoms with Gasteiger partial charge in [0.25, 0.3) is 5.91 Å². The molecule has 7 heterocycles. The fraction of sp³-hybridized carbons (Fsp3) is 0.439. The molecular weight excluding hydrogens is 621 g/mol. The molecule has 9 rings (SSSR count). The van der Waals surface area contributed by atoms with Crippen molar-refractivity contribution in [2.45, 2.75) is 44.7 Å². The van der Waals surface area contributed by atoms with Crippen LogP contribution in [0.1, 0.15) is 48.0 Å². The second kappa shape index (κ2) is 13.3. The number of rotatable bonds is 7. The van der Waals surface area contributed by atoms with Crippen LogP contribution in [0.3, 0.4) is 0 Å². The molecule has 258 valence electrons. The molecule has 4 aliphatic rings. The molecule has 1 N–H and O–H groups in total. The Kier molecular flexibility index (Phi) is 8.41. The van der Waals surface area contributed by atoms with Gasteiger partial charge in [-0.2, -0.15) is 0 Å². The van der Waals surface area contributed by atoms with Crippen molar-refractivity contribution in [3.63, 3.8) is 0 Å². The minimum Gasteiger partial charge on any atom is -0.369 e. The number of nitrogens with one attached hydrogen (secondary N) is 1. The maximum absolute atomic E-state index is 13.1. The number of hydrogen-bond donors (Lipinski definition) is 1. The number of carbonyl (C=O) groups excluding carboxylic acids is 1. The lowest BCUT2D eigenvalue weighted by Crippen LogP contribution is -2.47. The lowest BCUT2D eigenvalue weighted by molar-refractivity contribution is 0.0674. The number of piperazine rings is 1. The quantitative estimate of drug-likeness (QED) is 0.231. The largest absolute Gasteiger partial charge is 0.369 e. The molecule has 1 atom stereocenters. The van der Waals surface area contributed by atoms with Crippen LogP contribution in [0.15, 0.2) is 73.2 Å². The van der Waals surface area contributed by atoms with E-state index < -0.39 is 0 Å². The lowest BCUT2D eigenvalue weighted by Gasteiger charge is -2.38. The first-order valence-corrected chi connectivity index (χ1v) is 18.7. The average molecular weight is 669 g/mol. The van der Waals surface area contributed by atoms with Crippen molar-refractivity contribution in [3.05, 3.63) is 84.3 Å². The highest BCUT2D eigenvalue weighted by Crippen LogP contribution is 2.33. The van der Waals surface area contributed by atoms with Gasteiger partial charge in [-0.1, -0.05) is 12.1 Å². The molecule has 50 heavy (non-hydrogen) atoms. The maximum Gasteiger partial charge on any atom is 0.254 e. The van der Waals surface area contributed by atoms with Gasteiger partial charge in [0.1, 0.15) is 5.82 Å². The molecule has 1 unspecified atom stereocenters. The molecule has 0 aliphatic carbocycles. The van der Waals surface area contributed by atoms with Crippen LogP contribution in [0.2, 0.25) is 0 Å². The Hall–Kier alpha value is -4.47. The van der Waals surface area contributed by atoms with Crippen molar-refractivity contribution in [2.24, 2.45) is 13.0 Å². The number of aromatic nitrogens is 3. The fourth-order valence-electron chi connectivity index (χ4n) is 8.94. The van der Waals surface area contributed by atoms with Crippen molar-refractivity contribution < 1.29 is 4.79 Å². The monoisotopic (exact) mass is 668 g/mol.